The molecule has 2 heterocycles. The standard InChI is InChI=1S/C18H20FN5OS2/c1-3-15-21-14(11-26-15)9-24(2)10-16-22-23-18(27-16)17(25)20-8-12-4-6-13(19)7-5-12/h4-7,11H,3,8-10H2,1-2H3,(H,20,25). The Hall–Kier alpha value is -2.23. The molecule has 0 bridgehead atoms. The minimum Gasteiger partial charge on any atom is -0.346 e. The second-order valence-electron chi connectivity index (χ2n) is 6.07. The number of nitrogens with one attached hydrogen (secondary N) is 1. The number of thiazole rings is 1. The number of halogens is 1. The third-order valence-electron chi connectivity index (χ3n) is 3.77. The van der Waals surface area contributed by atoms with Crippen molar-refractivity contribution in [2.45, 2.75) is 33.0 Å². The fourth-order valence-electron chi connectivity index (χ4n) is 2.42. The van der Waals surface area contributed by atoms with Crippen LogP contribution in [0.4, 0.5) is 4.39 Å². The van der Waals surface area contributed by atoms with Crippen LogP contribution in [0.5, 0.6) is 0 Å². The van der Waals surface area contributed by atoms with Gasteiger partial charge in [-0.25, -0.2) is 9.37 Å². The highest BCUT2D eigenvalue weighted by Gasteiger charge is 2.14. The number of benzene rings is 1. The topological polar surface area (TPSA) is 71.0 Å². The molecule has 0 spiro atoms. The van der Waals surface area contributed by atoms with E-state index >= 15 is 0 Å². The normalized spacial score (nSPS) is 11.1. The molecule has 0 saturated heterocycles. The number of hydrogen-bond acceptors (Lipinski definition) is 7. The summed E-state index contributed by atoms with van der Waals surface area (Å²) in [5.41, 5.74) is 1.87. The molecule has 0 saturated carbocycles. The van der Waals surface area contributed by atoms with Crippen molar-refractivity contribution in [3.63, 3.8) is 0 Å². The van der Waals surface area contributed by atoms with E-state index in [1.165, 1.54) is 23.5 Å². The molecule has 0 radical (unpaired) electrons. The molecule has 0 aliphatic heterocycles. The van der Waals surface area contributed by atoms with Crippen LogP contribution in [0.1, 0.15) is 38.0 Å². The molecule has 1 amide bonds. The molecule has 0 aliphatic rings. The number of amides is 1. The molecule has 1 aromatic carbocycles. The summed E-state index contributed by atoms with van der Waals surface area (Å²) in [5.74, 6) is -0.579. The quantitative estimate of drug-likeness (QED) is 0.623. The first kappa shape index (κ1) is 19.5. The summed E-state index contributed by atoms with van der Waals surface area (Å²) in [4.78, 5) is 18.9. The highest BCUT2D eigenvalue weighted by molar-refractivity contribution is 7.13. The molecule has 9 heteroatoms. The Balaban J connectivity index is 1.50. The summed E-state index contributed by atoms with van der Waals surface area (Å²) in [7, 11) is 1.99. The van der Waals surface area contributed by atoms with Crippen LogP contribution in [0.3, 0.4) is 0 Å². The number of aromatic nitrogens is 3. The minimum absolute atomic E-state index is 0.280. The number of hydrogen-bond donors (Lipinski definition) is 1. The average Bonchev–Trinajstić information content (AvgIpc) is 3.30. The van der Waals surface area contributed by atoms with Gasteiger partial charge in [-0.3, -0.25) is 9.69 Å². The zero-order valence-corrected chi connectivity index (χ0v) is 16.7. The van der Waals surface area contributed by atoms with Gasteiger partial charge in [-0.2, -0.15) is 0 Å². The second-order valence-corrected chi connectivity index (χ2v) is 8.07. The number of nitrogens with zero attached hydrogens (tertiary/aromatic N) is 4. The van der Waals surface area contributed by atoms with E-state index in [1.54, 1.807) is 23.5 Å². The molecule has 0 fully saturated rings. The van der Waals surface area contributed by atoms with E-state index in [4.69, 9.17) is 0 Å². The first-order valence-electron chi connectivity index (χ1n) is 8.50. The van der Waals surface area contributed by atoms with E-state index in [0.29, 0.717) is 18.1 Å². The Morgan fingerprint density at radius 2 is 1.96 bits per heavy atom. The van der Waals surface area contributed by atoms with Crippen molar-refractivity contribution < 1.29 is 9.18 Å². The zero-order valence-electron chi connectivity index (χ0n) is 15.1. The van der Waals surface area contributed by atoms with Crippen LogP contribution >= 0.6 is 22.7 Å². The summed E-state index contributed by atoms with van der Waals surface area (Å²) in [6.07, 6.45) is 0.946. The largest absolute Gasteiger partial charge is 0.346 e. The summed E-state index contributed by atoms with van der Waals surface area (Å²) in [6.45, 7) is 3.73. The molecule has 2 aromatic heterocycles. The fourth-order valence-corrected chi connectivity index (χ4v) is 3.99. The predicted octanol–water partition coefficient (Wildman–Crippen LogP) is 3.26. The van der Waals surface area contributed by atoms with Crippen molar-refractivity contribution in [1.29, 1.82) is 0 Å². The number of carbonyl (C=O) groups is 1. The Kier molecular flexibility index (Phi) is 6.59. The monoisotopic (exact) mass is 405 g/mol. The first-order valence-corrected chi connectivity index (χ1v) is 10.2. The molecule has 3 aromatic rings. The third kappa shape index (κ3) is 5.62. The van der Waals surface area contributed by atoms with Gasteiger partial charge in [-0.1, -0.05) is 30.4 Å². The minimum atomic E-state index is -0.300. The van der Waals surface area contributed by atoms with E-state index in [0.717, 1.165) is 34.2 Å². The maximum atomic E-state index is 12.9. The highest BCUT2D eigenvalue weighted by Crippen LogP contribution is 2.15. The lowest BCUT2D eigenvalue weighted by molar-refractivity contribution is 0.0950. The Bertz CT molecular complexity index is 893. The second kappa shape index (κ2) is 9.12. The van der Waals surface area contributed by atoms with Crippen LogP contribution in [-0.2, 0) is 26.1 Å². The molecule has 27 heavy (non-hydrogen) atoms. The molecule has 1 N–H and O–H groups in total. The van der Waals surface area contributed by atoms with Gasteiger partial charge < -0.3 is 5.32 Å². The van der Waals surface area contributed by atoms with Gasteiger partial charge in [-0.15, -0.1) is 21.5 Å². The fraction of sp³-hybridized carbons (Fsp3) is 0.333. The molecule has 0 atom stereocenters. The summed E-state index contributed by atoms with van der Waals surface area (Å²) >= 11 is 2.95. The summed E-state index contributed by atoms with van der Waals surface area (Å²) in [5, 5.41) is 15.2. The number of rotatable bonds is 8. The van der Waals surface area contributed by atoms with Crippen LogP contribution in [0, 0.1) is 5.82 Å². The molecule has 142 valence electrons. The number of carbonyl (C=O) groups excluding carboxylic acids is 1. The van der Waals surface area contributed by atoms with Crippen LogP contribution < -0.4 is 5.32 Å². The van der Waals surface area contributed by atoms with E-state index in [2.05, 4.69) is 37.7 Å². The molecule has 6 nitrogen and oxygen atoms in total. The van der Waals surface area contributed by atoms with Crippen LogP contribution in [0.15, 0.2) is 29.6 Å². The molecule has 3 rings (SSSR count). The van der Waals surface area contributed by atoms with Gasteiger partial charge >= 0.3 is 0 Å². The molecular formula is C18H20FN5OS2. The molecule has 0 unspecified atom stereocenters. The van der Waals surface area contributed by atoms with Crippen molar-refractivity contribution in [2.75, 3.05) is 7.05 Å². The van der Waals surface area contributed by atoms with Gasteiger partial charge in [0.1, 0.15) is 10.8 Å². The smallest absolute Gasteiger partial charge is 0.282 e. The number of aryl methyl sites for hydroxylation is 1. The Morgan fingerprint density at radius 3 is 2.67 bits per heavy atom. The van der Waals surface area contributed by atoms with Crippen molar-refractivity contribution in [2.24, 2.45) is 0 Å². The maximum Gasteiger partial charge on any atom is 0.282 e. The lowest BCUT2D eigenvalue weighted by Crippen LogP contribution is -2.22. The van der Waals surface area contributed by atoms with Crippen LogP contribution in [0.2, 0.25) is 0 Å². The van der Waals surface area contributed by atoms with Gasteiger partial charge in [0, 0.05) is 18.5 Å². The lowest BCUT2D eigenvalue weighted by atomic mass is 10.2. The SMILES string of the molecule is CCc1nc(CN(C)Cc2nnc(C(=O)NCc3ccc(F)cc3)s2)cs1. The lowest BCUT2D eigenvalue weighted by Gasteiger charge is -2.12. The van der Waals surface area contributed by atoms with Gasteiger partial charge in [0.2, 0.25) is 5.01 Å². The van der Waals surface area contributed by atoms with Gasteiger partial charge in [0.15, 0.2) is 0 Å². The van der Waals surface area contributed by atoms with Crippen molar-refractivity contribution in [3.05, 3.63) is 61.7 Å². The first-order chi connectivity index (χ1) is 13.0. The summed E-state index contributed by atoms with van der Waals surface area (Å²) < 4.78 is 12.9. The zero-order chi connectivity index (χ0) is 19.2. The van der Waals surface area contributed by atoms with Gasteiger partial charge in [0.25, 0.3) is 5.91 Å². The molecule has 0 aliphatic carbocycles. The van der Waals surface area contributed by atoms with E-state index in [9.17, 15) is 9.18 Å². The Morgan fingerprint density at radius 1 is 1.19 bits per heavy atom. The van der Waals surface area contributed by atoms with Crippen molar-refractivity contribution >= 4 is 28.6 Å². The highest BCUT2D eigenvalue weighted by atomic mass is 32.1. The van der Waals surface area contributed by atoms with Crippen molar-refractivity contribution in [1.82, 2.24) is 25.4 Å². The van der Waals surface area contributed by atoms with E-state index < -0.39 is 0 Å². The molecular weight excluding hydrogens is 385 g/mol. The maximum absolute atomic E-state index is 12.9. The third-order valence-corrected chi connectivity index (χ3v) is 5.72. The van der Waals surface area contributed by atoms with Crippen LogP contribution in [0.25, 0.3) is 0 Å². The van der Waals surface area contributed by atoms with E-state index in [1.807, 2.05) is 7.05 Å². The summed E-state index contributed by atoms with van der Waals surface area (Å²) in [6, 6.07) is 6.01. The van der Waals surface area contributed by atoms with Gasteiger partial charge in [0.05, 0.1) is 17.2 Å². The Labute approximate surface area is 165 Å². The van der Waals surface area contributed by atoms with E-state index in [-0.39, 0.29) is 11.7 Å². The van der Waals surface area contributed by atoms with Crippen LogP contribution in [-0.4, -0.2) is 33.0 Å². The van der Waals surface area contributed by atoms with Crippen molar-refractivity contribution in [3.8, 4) is 0 Å². The predicted molar refractivity (Wildman–Crippen MR) is 104 cm³/mol. The van der Waals surface area contributed by atoms with Gasteiger partial charge in [-0.05, 0) is 31.2 Å². The average molecular weight is 406 g/mol.